The number of rotatable bonds is 15. The quantitative estimate of drug-likeness (QED) is 0.0954. The van der Waals surface area contributed by atoms with Crippen molar-refractivity contribution >= 4 is 5.97 Å². The van der Waals surface area contributed by atoms with Crippen LogP contribution >= 0.6 is 0 Å². The normalized spacial score (nSPS) is 22.2. The van der Waals surface area contributed by atoms with Gasteiger partial charge in [-0.05, 0) is 128 Å². The molecule has 0 aliphatic heterocycles. The van der Waals surface area contributed by atoms with Gasteiger partial charge < -0.3 is 18.9 Å². The van der Waals surface area contributed by atoms with Gasteiger partial charge in [-0.2, -0.15) is 0 Å². The smallest absolute Gasteiger partial charge is 0.338 e. The van der Waals surface area contributed by atoms with Crippen LogP contribution in [-0.2, 0) is 9.47 Å². The Morgan fingerprint density at radius 1 is 0.717 bits per heavy atom. The third-order valence-electron chi connectivity index (χ3n) is 10.3. The number of hydrogen-bond donors (Lipinski definition) is 0. The predicted octanol–water partition coefficient (Wildman–Crippen LogP) is 10.8. The summed E-state index contributed by atoms with van der Waals surface area (Å²) in [6.07, 6.45) is 15.0. The number of hydrogen-bond acceptors (Lipinski definition) is 5. The number of carbonyl (C=O) groups is 1. The summed E-state index contributed by atoms with van der Waals surface area (Å²) in [7, 11) is 1.63. The zero-order valence-corrected chi connectivity index (χ0v) is 28.3. The van der Waals surface area contributed by atoms with Gasteiger partial charge in [0.05, 0.1) is 19.3 Å². The maximum atomic E-state index is 13.3. The summed E-state index contributed by atoms with van der Waals surface area (Å²) in [5, 5.41) is 0. The molecular formula is C41H54O5. The molecule has 0 heterocycles. The molecule has 0 aromatic heterocycles. The van der Waals surface area contributed by atoms with Gasteiger partial charge in [-0.3, -0.25) is 0 Å². The lowest BCUT2D eigenvalue weighted by molar-refractivity contribution is -0.0430. The topological polar surface area (TPSA) is 54.0 Å². The van der Waals surface area contributed by atoms with E-state index in [0.29, 0.717) is 23.1 Å². The molecule has 5 nitrogen and oxygen atoms in total. The van der Waals surface area contributed by atoms with E-state index in [1.54, 1.807) is 7.11 Å². The van der Waals surface area contributed by atoms with Crippen molar-refractivity contribution in [1.82, 2.24) is 0 Å². The fraction of sp³-hybridized carbons (Fsp3) is 0.537. The van der Waals surface area contributed by atoms with Crippen LogP contribution in [0.4, 0.5) is 0 Å². The average Bonchev–Trinajstić information content (AvgIpc) is 3.11. The number of esters is 1. The lowest BCUT2D eigenvalue weighted by Crippen LogP contribution is -2.18. The van der Waals surface area contributed by atoms with E-state index < -0.39 is 6.10 Å². The molecule has 2 saturated carbocycles. The van der Waals surface area contributed by atoms with E-state index in [9.17, 15) is 4.79 Å². The Hall–Kier alpha value is -3.31. The SMILES string of the molecule is CCCC1CCC(c2ccc(OCOCC(OC(=O)c3ccc(C4CCC(CCC)CC4)cc3)c3cccc(OC)c3)cc2)CC1. The monoisotopic (exact) mass is 626 g/mol. The number of methoxy groups -OCH3 is 1. The van der Waals surface area contributed by atoms with Crippen LogP contribution in [0.25, 0.3) is 0 Å². The second-order valence-electron chi connectivity index (χ2n) is 13.5. The van der Waals surface area contributed by atoms with Crippen molar-refractivity contribution in [2.45, 2.75) is 109 Å². The molecule has 5 heteroatoms. The Kier molecular flexibility index (Phi) is 13.0. The van der Waals surface area contributed by atoms with Crippen molar-refractivity contribution in [2.75, 3.05) is 20.5 Å². The van der Waals surface area contributed by atoms with Crippen molar-refractivity contribution in [3.8, 4) is 11.5 Å². The van der Waals surface area contributed by atoms with E-state index in [0.717, 1.165) is 23.1 Å². The second kappa shape index (κ2) is 17.6. The molecule has 0 N–H and O–H groups in total. The first-order chi connectivity index (χ1) is 22.6. The summed E-state index contributed by atoms with van der Waals surface area (Å²) in [5.74, 6) is 4.13. The molecule has 0 bridgehead atoms. The molecule has 1 unspecified atom stereocenters. The van der Waals surface area contributed by atoms with E-state index in [4.69, 9.17) is 18.9 Å². The van der Waals surface area contributed by atoms with E-state index in [1.807, 2.05) is 48.5 Å². The molecule has 3 aromatic rings. The number of carbonyl (C=O) groups excluding carboxylic acids is 1. The maximum Gasteiger partial charge on any atom is 0.338 e. The van der Waals surface area contributed by atoms with Gasteiger partial charge in [-0.1, -0.05) is 75.9 Å². The van der Waals surface area contributed by atoms with Gasteiger partial charge in [0.15, 0.2) is 12.9 Å². The van der Waals surface area contributed by atoms with Crippen molar-refractivity contribution in [1.29, 1.82) is 0 Å². The Bertz CT molecular complexity index is 1320. The van der Waals surface area contributed by atoms with Crippen molar-refractivity contribution in [3.63, 3.8) is 0 Å². The predicted molar refractivity (Wildman–Crippen MR) is 185 cm³/mol. The zero-order valence-electron chi connectivity index (χ0n) is 28.3. The summed E-state index contributed by atoms with van der Waals surface area (Å²) in [6, 6.07) is 24.1. The lowest BCUT2D eigenvalue weighted by atomic mass is 9.77. The maximum absolute atomic E-state index is 13.3. The third kappa shape index (κ3) is 9.61. The molecule has 46 heavy (non-hydrogen) atoms. The molecule has 2 fully saturated rings. The minimum atomic E-state index is -0.607. The first-order valence-electron chi connectivity index (χ1n) is 17.8. The standard InChI is InChI=1S/C41H54O5/c1-4-7-30-11-15-32(16-12-30)34-19-21-36(22-20-34)41(42)46-40(37-9-6-10-39(27-37)43-3)28-44-29-45-38-25-23-35(24-26-38)33-17-13-31(8-5-2)14-18-33/h6,9-10,19-27,30-33,40H,4-5,7-8,11-18,28-29H2,1-3H3. The highest BCUT2D eigenvalue weighted by Gasteiger charge is 2.24. The minimum Gasteiger partial charge on any atom is -0.497 e. The molecule has 0 radical (unpaired) electrons. The third-order valence-corrected chi connectivity index (χ3v) is 10.3. The summed E-state index contributed by atoms with van der Waals surface area (Å²) >= 11 is 0. The summed E-state index contributed by atoms with van der Waals surface area (Å²) in [5.41, 5.74) is 4.09. The van der Waals surface area contributed by atoms with Gasteiger partial charge in [-0.25, -0.2) is 4.79 Å². The van der Waals surface area contributed by atoms with Crippen LogP contribution in [0.2, 0.25) is 0 Å². The molecule has 0 spiro atoms. The van der Waals surface area contributed by atoms with Crippen LogP contribution in [0.3, 0.4) is 0 Å². The molecular weight excluding hydrogens is 572 g/mol. The number of ether oxygens (including phenoxy) is 4. The Morgan fingerprint density at radius 2 is 1.28 bits per heavy atom. The van der Waals surface area contributed by atoms with E-state index in [1.165, 1.54) is 88.2 Å². The Labute approximate surface area is 277 Å². The molecule has 0 saturated heterocycles. The number of benzene rings is 3. The summed E-state index contributed by atoms with van der Waals surface area (Å²) in [6.45, 7) is 4.80. The van der Waals surface area contributed by atoms with Crippen LogP contribution in [0, 0.1) is 11.8 Å². The summed E-state index contributed by atoms with van der Waals surface area (Å²) in [4.78, 5) is 13.3. The van der Waals surface area contributed by atoms with Crippen molar-refractivity contribution in [2.24, 2.45) is 11.8 Å². The molecule has 1 atom stereocenters. The van der Waals surface area contributed by atoms with Crippen LogP contribution in [0.1, 0.15) is 136 Å². The van der Waals surface area contributed by atoms with Crippen LogP contribution < -0.4 is 9.47 Å². The highest BCUT2D eigenvalue weighted by molar-refractivity contribution is 5.89. The largest absolute Gasteiger partial charge is 0.497 e. The van der Waals surface area contributed by atoms with Gasteiger partial charge in [0.1, 0.15) is 11.5 Å². The fourth-order valence-corrected chi connectivity index (χ4v) is 7.62. The highest BCUT2D eigenvalue weighted by Crippen LogP contribution is 2.39. The van der Waals surface area contributed by atoms with Crippen molar-refractivity contribution in [3.05, 3.63) is 95.1 Å². The first kappa shape index (κ1) is 34.0. The average molecular weight is 627 g/mol. The van der Waals surface area contributed by atoms with Gasteiger partial charge in [0.2, 0.25) is 0 Å². The highest BCUT2D eigenvalue weighted by atomic mass is 16.7. The summed E-state index contributed by atoms with van der Waals surface area (Å²) < 4.78 is 23.3. The van der Waals surface area contributed by atoms with Gasteiger partial charge >= 0.3 is 5.97 Å². The van der Waals surface area contributed by atoms with E-state index >= 15 is 0 Å². The van der Waals surface area contributed by atoms with E-state index in [-0.39, 0.29) is 19.4 Å². The van der Waals surface area contributed by atoms with Crippen molar-refractivity contribution < 1.29 is 23.7 Å². The molecule has 0 amide bonds. The van der Waals surface area contributed by atoms with Crippen LogP contribution in [0.15, 0.2) is 72.8 Å². The van der Waals surface area contributed by atoms with Crippen LogP contribution in [0.5, 0.6) is 11.5 Å². The fourth-order valence-electron chi connectivity index (χ4n) is 7.62. The molecule has 2 aliphatic carbocycles. The zero-order chi connectivity index (χ0) is 32.1. The Balaban J connectivity index is 1.14. The molecule has 248 valence electrons. The molecule has 3 aromatic carbocycles. The van der Waals surface area contributed by atoms with Crippen LogP contribution in [-0.4, -0.2) is 26.5 Å². The first-order valence-corrected chi connectivity index (χ1v) is 17.8. The second-order valence-corrected chi connectivity index (χ2v) is 13.5. The van der Waals surface area contributed by atoms with Gasteiger partial charge in [0.25, 0.3) is 0 Å². The minimum absolute atomic E-state index is 0.0642. The Morgan fingerprint density at radius 3 is 1.83 bits per heavy atom. The molecule has 5 rings (SSSR count). The van der Waals surface area contributed by atoms with E-state index in [2.05, 4.69) is 38.1 Å². The van der Waals surface area contributed by atoms with Gasteiger partial charge in [0, 0.05) is 0 Å². The lowest BCUT2D eigenvalue weighted by Gasteiger charge is -2.28. The van der Waals surface area contributed by atoms with Gasteiger partial charge in [-0.15, -0.1) is 0 Å². The molecule has 2 aliphatic rings.